The first-order valence-corrected chi connectivity index (χ1v) is 15.0. The molecule has 1 aromatic carbocycles. The van der Waals surface area contributed by atoms with Gasteiger partial charge < -0.3 is 9.16 Å². The third kappa shape index (κ3) is 4.66. The Balaban J connectivity index is 2.10. The van der Waals surface area contributed by atoms with E-state index in [0.717, 1.165) is 30.8 Å². The van der Waals surface area contributed by atoms with Crippen molar-refractivity contribution in [3.05, 3.63) is 34.9 Å². The molecule has 0 N–H and O–H groups in total. The van der Waals surface area contributed by atoms with Gasteiger partial charge in [-0.1, -0.05) is 52.2 Å². The average molecular weight is 429 g/mol. The summed E-state index contributed by atoms with van der Waals surface area (Å²) in [5, 5.41) is 0.175. The predicted molar refractivity (Wildman–Crippen MR) is 131 cm³/mol. The van der Waals surface area contributed by atoms with Gasteiger partial charge >= 0.3 is 0 Å². The summed E-state index contributed by atoms with van der Waals surface area (Å²) in [7, 11) is -1.95. The van der Waals surface area contributed by atoms with Crippen LogP contribution in [0.1, 0.15) is 97.6 Å². The first-order valence-electron chi connectivity index (χ1n) is 12.1. The van der Waals surface area contributed by atoms with Crippen LogP contribution in [0.25, 0.3) is 0 Å². The summed E-state index contributed by atoms with van der Waals surface area (Å²) in [6, 6.07) is 4.69. The molecule has 168 valence electrons. The summed E-state index contributed by atoms with van der Waals surface area (Å²) in [5.74, 6) is 3.18. The maximum absolute atomic E-state index is 7.00. The van der Waals surface area contributed by atoms with E-state index in [-0.39, 0.29) is 10.6 Å². The Labute approximate surface area is 186 Å². The molecule has 0 saturated heterocycles. The zero-order valence-electron chi connectivity index (χ0n) is 20.9. The number of fused-ring (bicyclic) bond motifs is 3. The van der Waals surface area contributed by atoms with E-state index in [0.29, 0.717) is 11.8 Å². The molecule has 0 fully saturated rings. The fourth-order valence-corrected chi connectivity index (χ4v) is 5.86. The molecule has 0 unspecified atom stereocenters. The molecule has 1 heterocycles. The zero-order valence-corrected chi connectivity index (χ0v) is 21.9. The maximum atomic E-state index is 7.00. The standard InChI is InChI=1S/C27H44O2Si/c1-10-11-12-13-20-17-23-25(24(18-20)29-30(8,9)26(3,4)5)21-16-19(2)14-15-22(21)27(6,7)28-23/h14,17-18,21-22H,10-13,15-16H2,1-9H3/t21-,22-/m0/s1. The van der Waals surface area contributed by atoms with Crippen LogP contribution < -0.4 is 9.16 Å². The van der Waals surface area contributed by atoms with Gasteiger partial charge in [-0.3, -0.25) is 0 Å². The number of allylic oxidation sites excluding steroid dienone is 2. The van der Waals surface area contributed by atoms with Crippen LogP contribution in [0.2, 0.25) is 18.1 Å². The molecular weight excluding hydrogens is 384 g/mol. The second-order valence-corrected chi connectivity index (χ2v) is 16.5. The Hall–Kier alpha value is -1.22. The van der Waals surface area contributed by atoms with E-state index < -0.39 is 8.32 Å². The summed E-state index contributed by atoms with van der Waals surface area (Å²) in [6.45, 7) is 20.8. The van der Waals surface area contributed by atoms with Crippen molar-refractivity contribution in [2.45, 2.75) is 117 Å². The molecule has 1 aliphatic carbocycles. The lowest BCUT2D eigenvalue weighted by atomic mass is 9.67. The molecule has 2 nitrogen and oxygen atoms in total. The van der Waals surface area contributed by atoms with Gasteiger partial charge in [-0.25, -0.2) is 0 Å². The molecule has 1 aromatic rings. The lowest BCUT2D eigenvalue weighted by Crippen LogP contribution is -2.47. The van der Waals surface area contributed by atoms with Crippen molar-refractivity contribution in [2.75, 3.05) is 0 Å². The summed E-state index contributed by atoms with van der Waals surface area (Å²) < 4.78 is 13.7. The Morgan fingerprint density at radius 1 is 1.17 bits per heavy atom. The number of benzene rings is 1. The molecule has 3 heteroatoms. The molecule has 2 atom stereocenters. The fraction of sp³-hybridized carbons (Fsp3) is 0.704. The van der Waals surface area contributed by atoms with Crippen molar-refractivity contribution in [1.29, 1.82) is 0 Å². The van der Waals surface area contributed by atoms with E-state index in [1.807, 2.05) is 0 Å². The number of hydrogen-bond donors (Lipinski definition) is 0. The normalized spacial score (nSPS) is 23.2. The molecule has 0 bridgehead atoms. The Morgan fingerprint density at radius 2 is 1.87 bits per heavy atom. The van der Waals surface area contributed by atoms with Crippen molar-refractivity contribution in [3.63, 3.8) is 0 Å². The Morgan fingerprint density at radius 3 is 2.50 bits per heavy atom. The van der Waals surface area contributed by atoms with Crippen molar-refractivity contribution in [3.8, 4) is 11.5 Å². The zero-order chi connectivity index (χ0) is 22.3. The van der Waals surface area contributed by atoms with Crippen LogP contribution in [0.3, 0.4) is 0 Å². The van der Waals surface area contributed by atoms with Crippen LogP contribution in [-0.4, -0.2) is 13.9 Å². The van der Waals surface area contributed by atoms with E-state index in [1.165, 1.54) is 36.0 Å². The van der Waals surface area contributed by atoms with Gasteiger partial charge in [-0.15, -0.1) is 0 Å². The SMILES string of the molecule is CCCCCc1cc2c(c(O[Si](C)(C)C(C)(C)C)c1)[C@H]1CC(C)=CC[C@@H]1C(C)(C)O2. The van der Waals surface area contributed by atoms with Crippen LogP contribution in [0.5, 0.6) is 11.5 Å². The van der Waals surface area contributed by atoms with Crippen LogP contribution in [0.4, 0.5) is 0 Å². The minimum absolute atomic E-state index is 0.148. The van der Waals surface area contributed by atoms with Gasteiger partial charge in [0, 0.05) is 17.4 Å². The second kappa shape index (κ2) is 8.37. The summed E-state index contributed by atoms with van der Waals surface area (Å²) in [5.41, 5.74) is 4.07. The van der Waals surface area contributed by atoms with Crippen molar-refractivity contribution in [2.24, 2.45) is 5.92 Å². The number of unbranched alkanes of at least 4 members (excludes halogenated alkanes) is 2. The lowest BCUT2D eigenvalue weighted by molar-refractivity contribution is 0.00780. The van der Waals surface area contributed by atoms with Crippen LogP contribution in [0.15, 0.2) is 23.8 Å². The van der Waals surface area contributed by atoms with Gasteiger partial charge in [0.1, 0.15) is 17.1 Å². The average Bonchev–Trinajstić information content (AvgIpc) is 2.59. The first kappa shape index (κ1) is 23.4. The lowest BCUT2D eigenvalue weighted by Gasteiger charge is -2.48. The molecule has 30 heavy (non-hydrogen) atoms. The van der Waals surface area contributed by atoms with Crippen molar-refractivity contribution >= 4 is 8.32 Å². The van der Waals surface area contributed by atoms with E-state index in [2.05, 4.69) is 79.8 Å². The van der Waals surface area contributed by atoms with E-state index in [1.54, 1.807) is 0 Å². The molecule has 3 rings (SSSR count). The van der Waals surface area contributed by atoms with E-state index >= 15 is 0 Å². The number of hydrogen-bond acceptors (Lipinski definition) is 2. The monoisotopic (exact) mass is 428 g/mol. The van der Waals surface area contributed by atoms with E-state index in [9.17, 15) is 0 Å². The van der Waals surface area contributed by atoms with Gasteiger partial charge in [-0.2, -0.15) is 0 Å². The maximum Gasteiger partial charge on any atom is 0.250 e. The van der Waals surface area contributed by atoms with Gasteiger partial charge in [0.05, 0.1) is 0 Å². The highest BCUT2D eigenvalue weighted by Gasteiger charge is 2.47. The number of rotatable bonds is 6. The van der Waals surface area contributed by atoms with Crippen LogP contribution >= 0.6 is 0 Å². The van der Waals surface area contributed by atoms with Gasteiger partial charge in [0.15, 0.2) is 0 Å². The van der Waals surface area contributed by atoms with Crippen LogP contribution in [-0.2, 0) is 6.42 Å². The molecule has 0 saturated carbocycles. The molecule has 0 amide bonds. The minimum Gasteiger partial charge on any atom is -0.543 e. The van der Waals surface area contributed by atoms with Gasteiger partial charge in [0.25, 0.3) is 0 Å². The molecule has 0 aromatic heterocycles. The Bertz CT molecular complexity index is 798. The highest BCUT2D eigenvalue weighted by molar-refractivity contribution is 6.74. The van der Waals surface area contributed by atoms with E-state index in [4.69, 9.17) is 9.16 Å². The Kier molecular flexibility index (Phi) is 6.54. The molecule has 1 aliphatic heterocycles. The van der Waals surface area contributed by atoms with Crippen molar-refractivity contribution < 1.29 is 9.16 Å². The summed E-state index contributed by atoms with van der Waals surface area (Å²) in [4.78, 5) is 0. The summed E-state index contributed by atoms with van der Waals surface area (Å²) in [6.07, 6.45) is 9.49. The molecule has 0 spiro atoms. The smallest absolute Gasteiger partial charge is 0.250 e. The highest BCUT2D eigenvalue weighted by Crippen LogP contribution is 2.55. The molecular formula is C27H44O2Si. The molecule has 2 aliphatic rings. The third-order valence-electron chi connectivity index (χ3n) is 7.79. The fourth-order valence-electron chi connectivity index (χ4n) is 4.84. The highest BCUT2D eigenvalue weighted by atomic mass is 28.4. The predicted octanol–water partition coefficient (Wildman–Crippen LogP) is 8.41. The topological polar surface area (TPSA) is 18.5 Å². The van der Waals surface area contributed by atoms with Gasteiger partial charge in [-0.05, 0) is 82.3 Å². The minimum atomic E-state index is -1.95. The van der Waals surface area contributed by atoms with Crippen LogP contribution in [0, 0.1) is 5.92 Å². The second-order valence-electron chi connectivity index (χ2n) is 11.7. The molecule has 0 radical (unpaired) electrons. The number of ether oxygens (including phenoxy) is 1. The van der Waals surface area contributed by atoms with Crippen molar-refractivity contribution in [1.82, 2.24) is 0 Å². The van der Waals surface area contributed by atoms with Gasteiger partial charge in [0.2, 0.25) is 8.32 Å². The number of aryl methyl sites for hydroxylation is 1. The summed E-state index contributed by atoms with van der Waals surface area (Å²) >= 11 is 0. The first-order chi connectivity index (χ1) is 13.9. The third-order valence-corrected chi connectivity index (χ3v) is 12.1. The quantitative estimate of drug-likeness (QED) is 0.257. The largest absolute Gasteiger partial charge is 0.543 e.